The number of amides is 1. The Kier molecular flexibility index (Phi) is 5.80. The van der Waals surface area contributed by atoms with Crippen LogP contribution in [0.2, 0.25) is 0 Å². The lowest BCUT2D eigenvalue weighted by Crippen LogP contribution is -2.22. The fourth-order valence-corrected chi connectivity index (χ4v) is 2.92. The minimum atomic E-state index is -0.389. The summed E-state index contributed by atoms with van der Waals surface area (Å²) < 4.78 is 5.78. The van der Waals surface area contributed by atoms with E-state index in [0.717, 1.165) is 42.0 Å². The largest absolute Gasteiger partial charge is 0.492 e. The fraction of sp³-hybridized carbons (Fsp3) is 0.316. The number of carbonyl (C=O) groups excluding carboxylic acids is 1. The lowest BCUT2D eigenvalue weighted by atomic mass is 10.1. The van der Waals surface area contributed by atoms with Gasteiger partial charge in [-0.3, -0.25) is 14.9 Å². The molecule has 2 aromatic carbocycles. The maximum Gasteiger partial charge on any atom is 0.269 e. The van der Waals surface area contributed by atoms with Crippen LogP contribution in [0, 0.1) is 10.1 Å². The maximum absolute atomic E-state index is 11.5. The highest BCUT2D eigenvalue weighted by molar-refractivity contribution is 6.00. The highest BCUT2D eigenvalue weighted by atomic mass is 16.6. The molecule has 0 fully saturated rings. The summed E-state index contributed by atoms with van der Waals surface area (Å²) in [5.74, 6) is 0.758. The van der Waals surface area contributed by atoms with Gasteiger partial charge in [0.25, 0.3) is 5.69 Å². The molecule has 1 aliphatic heterocycles. The highest BCUT2D eigenvalue weighted by Gasteiger charge is 2.21. The molecule has 0 unspecified atom stereocenters. The van der Waals surface area contributed by atoms with Gasteiger partial charge in [-0.05, 0) is 37.1 Å². The van der Waals surface area contributed by atoms with Crippen LogP contribution in [0.4, 0.5) is 11.4 Å². The van der Waals surface area contributed by atoms with Crippen LogP contribution in [0.3, 0.4) is 0 Å². The zero-order valence-corrected chi connectivity index (χ0v) is 14.4. The second-order valence-electron chi connectivity index (χ2n) is 6.13. The summed E-state index contributed by atoms with van der Waals surface area (Å²) in [6.45, 7) is 2.08. The van der Waals surface area contributed by atoms with Gasteiger partial charge in [0.2, 0.25) is 5.91 Å². The lowest BCUT2D eigenvalue weighted by Gasteiger charge is -2.10. The number of nitro groups is 1. The summed E-state index contributed by atoms with van der Waals surface area (Å²) in [5.41, 5.74) is 2.97. The summed E-state index contributed by atoms with van der Waals surface area (Å²) in [4.78, 5) is 21.7. The van der Waals surface area contributed by atoms with E-state index >= 15 is 0 Å². The third-order valence-electron chi connectivity index (χ3n) is 4.25. The average Bonchev–Trinajstić information content (AvgIpc) is 3.02. The van der Waals surface area contributed by atoms with Gasteiger partial charge >= 0.3 is 0 Å². The number of ether oxygens (including phenoxy) is 1. The Balaban J connectivity index is 1.32. The van der Waals surface area contributed by atoms with E-state index in [9.17, 15) is 14.9 Å². The molecule has 2 aromatic rings. The van der Waals surface area contributed by atoms with Crippen molar-refractivity contribution in [3.8, 4) is 5.75 Å². The van der Waals surface area contributed by atoms with Crippen LogP contribution in [0.25, 0.3) is 0 Å². The molecule has 0 bridgehead atoms. The molecule has 0 aliphatic carbocycles. The van der Waals surface area contributed by atoms with Crippen LogP contribution in [-0.4, -0.2) is 30.5 Å². The molecule has 0 atom stereocenters. The van der Waals surface area contributed by atoms with E-state index in [1.165, 1.54) is 12.1 Å². The standard InChI is InChI=1S/C19H21N3O4/c23-19-13-16-17(21-19)4-1-5-18(16)26-12-11-20-10-2-3-14-6-8-15(9-7-14)22(24)25/h1,4-9,20H,2-3,10-13H2,(H,21,23). The molecular formula is C19H21N3O4. The highest BCUT2D eigenvalue weighted by Crippen LogP contribution is 2.31. The van der Waals surface area contributed by atoms with Gasteiger partial charge in [0.15, 0.2) is 0 Å². The van der Waals surface area contributed by atoms with Gasteiger partial charge in [-0.15, -0.1) is 0 Å². The number of anilines is 1. The van der Waals surface area contributed by atoms with E-state index < -0.39 is 0 Å². The molecule has 7 nitrogen and oxygen atoms in total. The van der Waals surface area contributed by atoms with Crippen molar-refractivity contribution in [2.45, 2.75) is 19.3 Å². The van der Waals surface area contributed by atoms with Crippen molar-refractivity contribution in [3.63, 3.8) is 0 Å². The third-order valence-corrected chi connectivity index (χ3v) is 4.25. The molecular weight excluding hydrogens is 334 g/mol. The van der Waals surface area contributed by atoms with Gasteiger partial charge in [0.1, 0.15) is 12.4 Å². The van der Waals surface area contributed by atoms with Crippen LogP contribution < -0.4 is 15.4 Å². The van der Waals surface area contributed by atoms with Crippen molar-refractivity contribution in [3.05, 3.63) is 63.7 Å². The van der Waals surface area contributed by atoms with Crippen molar-refractivity contribution in [2.75, 3.05) is 25.0 Å². The number of hydrogen-bond acceptors (Lipinski definition) is 5. The molecule has 0 spiro atoms. The first kappa shape index (κ1) is 17.9. The molecule has 0 radical (unpaired) electrons. The van der Waals surface area contributed by atoms with E-state index in [-0.39, 0.29) is 16.5 Å². The number of nitrogens with zero attached hydrogens (tertiary/aromatic N) is 1. The molecule has 2 N–H and O–H groups in total. The SMILES string of the molecule is O=C1Cc2c(cccc2OCCNCCCc2ccc([N+](=O)[O-])cc2)N1. The van der Waals surface area contributed by atoms with Crippen molar-refractivity contribution in [1.29, 1.82) is 0 Å². The Labute approximate surface area is 151 Å². The van der Waals surface area contributed by atoms with Crippen molar-refractivity contribution >= 4 is 17.3 Å². The van der Waals surface area contributed by atoms with Gasteiger partial charge in [-0.2, -0.15) is 0 Å². The number of fused-ring (bicyclic) bond motifs is 1. The summed E-state index contributed by atoms with van der Waals surface area (Å²) in [6, 6.07) is 12.3. The summed E-state index contributed by atoms with van der Waals surface area (Å²) in [6.07, 6.45) is 2.18. The van der Waals surface area contributed by atoms with Crippen LogP contribution in [0.5, 0.6) is 5.75 Å². The zero-order valence-electron chi connectivity index (χ0n) is 14.4. The maximum atomic E-state index is 11.5. The number of aryl methyl sites for hydroxylation is 1. The Bertz CT molecular complexity index is 790. The van der Waals surface area contributed by atoms with Crippen LogP contribution >= 0.6 is 0 Å². The Morgan fingerprint density at radius 2 is 1.96 bits per heavy atom. The number of hydrogen-bond donors (Lipinski definition) is 2. The number of benzene rings is 2. The normalized spacial score (nSPS) is 12.5. The molecule has 0 aromatic heterocycles. The summed E-state index contributed by atoms with van der Waals surface area (Å²) in [5, 5.41) is 16.7. The van der Waals surface area contributed by atoms with Gasteiger partial charge in [0, 0.05) is 29.9 Å². The zero-order chi connectivity index (χ0) is 18.4. The predicted octanol–water partition coefficient (Wildman–Crippen LogP) is 2.69. The molecule has 7 heteroatoms. The van der Waals surface area contributed by atoms with E-state index in [1.807, 2.05) is 18.2 Å². The molecule has 3 rings (SSSR count). The number of nitro benzene ring substituents is 1. The van der Waals surface area contributed by atoms with E-state index in [1.54, 1.807) is 12.1 Å². The van der Waals surface area contributed by atoms with Gasteiger partial charge in [-0.25, -0.2) is 0 Å². The second-order valence-corrected chi connectivity index (χ2v) is 6.13. The Morgan fingerprint density at radius 1 is 1.15 bits per heavy atom. The van der Waals surface area contributed by atoms with Crippen molar-refractivity contribution < 1.29 is 14.5 Å². The smallest absolute Gasteiger partial charge is 0.269 e. The van der Waals surface area contributed by atoms with E-state index in [2.05, 4.69) is 10.6 Å². The van der Waals surface area contributed by atoms with E-state index in [0.29, 0.717) is 19.6 Å². The van der Waals surface area contributed by atoms with Crippen molar-refractivity contribution in [1.82, 2.24) is 5.32 Å². The Morgan fingerprint density at radius 3 is 2.73 bits per heavy atom. The molecule has 136 valence electrons. The van der Waals surface area contributed by atoms with Crippen molar-refractivity contribution in [2.24, 2.45) is 0 Å². The Hall–Kier alpha value is -2.93. The van der Waals surface area contributed by atoms with Crippen LogP contribution in [0.1, 0.15) is 17.5 Å². The molecule has 0 saturated carbocycles. The molecule has 1 aliphatic rings. The monoisotopic (exact) mass is 355 g/mol. The molecule has 0 saturated heterocycles. The van der Waals surface area contributed by atoms with Gasteiger partial charge in [0.05, 0.1) is 11.3 Å². The first-order chi connectivity index (χ1) is 12.6. The summed E-state index contributed by atoms with van der Waals surface area (Å²) >= 11 is 0. The van der Waals surface area contributed by atoms with E-state index in [4.69, 9.17) is 4.74 Å². The number of carbonyl (C=O) groups is 1. The number of non-ortho nitro benzene ring substituents is 1. The topological polar surface area (TPSA) is 93.5 Å². The molecule has 1 heterocycles. The molecule has 26 heavy (non-hydrogen) atoms. The minimum Gasteiger partial charge on any atom is -0.492 e. The first-order valence-electron chi connectivity index (χ1n) is 8.62. The summed E-state index contributed by atoms with van der Waals surface area (Å²) in [7, 11) is 0. The minimum absolute atomic E-state index is 0.000388. The number of rotatable bonds is 9. The quantitative estimate of drug-likeness (QED) is 0.410. The van der Waals surface area contributed by atoms with Gasteiger partial charge < -0.3 is 15.4 Å². The number of nitrogens with one attached hydrogen (secondary N) is 2. The second kappa shape index (κ2) is 8.44. The van der Waals surface area contributed by atoms with Gasteiger partial charge in [-0.1, -0.05) is 18.2 Å². The van der Waals surface area contributed by atoms with Crippen LogP contribution in [-0.2, 0) is 17.6 Å². The molecule has 1 amide bonds. The third kappa shape index (κ3) is 4.58. The average molecular weight is 355 g/mol. The predicted molar refractivity (Wildman–Crippen MR) is 98.6 cm³/mol. The fourth-order valence-electron chi connectivity index (χ4n) is 2.92. The van der Waals surface area contributed by atoms with Crippen LogP contribution in [0.15, 0.2) is 42.5 Å². The lowest BCUT2D eigenvalue weighted by molar-refractivity contribution is -0.384. The first-order valence-corrected chi connectivity index (χ1v) is 8.62.